The maximum atomic E-state index is 5.58. The van der Waals surface area contributed by atoms with E-state index >= 15 is 0 Å². The normalized spacial score (nSPS) is 15.3. The molecule has 9 heteroatoms. The second-order valence-corrected chi connectivity index (χ2v) is 10.8. The number of ether oxygens (including phenoxy) is 2. The van der Waals surface area contributed by atoms with Gasteiger partial charge in [-0.1, -0.05) is 12.1 Å². The number of methoxy groups -OCH3 is 2. The van der Waals surface area contributed by atoms with E-state index in [-0.39, 0.29) is 0 Å². The third-order valence-corrected chi connectivity index (χ3v) is 7.40. The van der Waals surface area contributed by atoms with Crippen molar-refractivity contribution in [3.8, 4) is 22.8 Å². The molecule has 0 bridgehead atoms. The molecule has 2 aromatic carbocycles. The molecule has 0 aliphatic carbocycles. The van der Waals surface area contributed by atoms with Crippen LogP contribution in [-0.4, -0.2) is 86.4 Å². The summed E-state index contributed by atoms with van der Waals surface area (Å²) < 4.78 is 11.0. The molecule has 3 heterocycles. The van der Waals surface area contributed by atoms with E-state index in [0.717, 1.165) is 66.1 Å². The first-order chi connectivity index (χ1) is 19.9. The molecule has 1 fully saturated rings. The number of nitrogens with zero attached hydrogens (tertiary/aromatic N) is 7. The summed E-state index contributed by atoms with van der Waals surface area (Å²) >= 11 is 0. The Bertz CT molecular complexity index is 1540. The summed E-state index contributed by atoms with van der Waals surface area (Å²) in [5, 5.41) is 1.02. The lowest BCUT2D eigenvalue weighted by Crippen LogP contribution is -2.33. The van der Waals surface area contributed by atoms with Gasteiger partial charge in [0, 0.05) is 43.7 Å². The van der Waals surface area contributed by atoms with Crippen molar-refractivity contribution in [3.63, 3.8) is 0 Å². The van der Waals surface area contributed by atoms with Crippen LogP contribution >= 0.6 is 0 Å². The van der Waals surface area contributed by atoms with E-state index in [1.165, 1.54) is 0 Å². The monoisotopic (exact) mass is 553 g/mol. The zero-order chi connectivity index (χ0) is 28.9. The van der Waals surface area contributed by atoms with Crippen molar-refractivity contribution in [2.45, 2.75) is 25.3 Å². The SMILES string of the molecule is COc1ccc(-c2cc(N3CCCC3CCN(C)C)nc(C=Cc3nc(N(C)C)c4ccccc4n3)n2)cc1OC. The Labute approximate surface area is 242 Å². The van der Waals surface area contributed by atoms with Crippen molar-refractivity contribution in [1.29, 1.82) is 0 Å². The highest BCUT2D eigenvalue weighted by molar-refractivity contribution is 5.90. The Morgan fingerprint density at radius 2 is 1.63 bits per heavy atom. The topological polar surface area (TPSA) is 79.7 Å². The van der Waals surface area contributed by atoms with E-state index in [9.17, 15) is 0 Å². The predicted molar refractivity (Wildman–Crippen MR) is 167 cm³/mol. The van der Waals surface area contributed by atoms with E-state index < -0.39 is 0 Å². The lowest BCUT2D eigenvalue weighted by atomic mass is 10.1. The first kappa shape index (κ1) is 28.3. The molecule has 214 valence electrons. The van der Waals surface area contributed by atoms with Gasteiger partial charge in [-0.15, -0.1) is 0 Å². The number of benzene rings is 2. The summed E-state index contributed by atoms with van der Waals surface area (Å²) in [5.74, 6) is 4.36. The zero-order valence-electron chi connectivity index (χ0n) is 24.8. The van der Waals surface area contributed by atoms with E-state index in [0.29, 0.717) is 29.2 Å². The quantitative estimate of drug-likeness (QED) is 0.261. The average Bonchev–Trinajstić information content (AvgIpc) is 3.46. The second-order valence-electron chi connectivity index (χ2n) is 10.8. The summed E-state index contributed by atoms with van der Waals surface area (Å²) in [6, 6.07) is 16.5. The van der Waals surface area contributed by atoms with Gasteiger partial charge in [0.1, 0.15) is 11.6 Å². The van der Waals surface area contributed by atoms with Gasteiger partial charge in [0.05, 0.1) is 25.4 Å². The van der Waals surface area contributed by atoms with Gasteiger partial charge >= 0.3 is 0 Å². The van der Waals surface area contributed by atoms with E-state index in [1.54, 1.807) is 14.2 Å². The lowest BCUT2D eigenvalue weighted by Gasteiger charge is -2.27. The van der Waals surface area contributed by atoms with Crippen molar-refractivity contribution < 1.29 is 9.47 Å². The number of rotatable bonds is 10. The summed E-state index contributed by atoms with van der Waals surface area (Å²) in [7, 11) is 11.5. The number of hydrogen-bond donors (Lipinski definition) is 0. The fourth-order valence-corrected chi connectivity index (χ4v) is 5.30. The molecule has 0 radical (unpaired) electrons. The average molecular weight is 554 g/mol. The summed E-state index contributed by atoms with van der Waals surface area (Å²) in [4.78, 5) is 26.3. The first-order valence-electron chi connectivity index (χ1n) is 14.0. The Kier molecular flexibility index (Phi) is 8.64. The van der Waals surface area contributed by atoms with E-state index in [4.69, 9.17) is 29.4 Å². The lowest BCUT2D eigenvalue weighted by molar-refractivity contribution is 0.355. The van der Waals surface area contributed by atoms with Gasteiger partial charge in [0.2, 0.25) is 0 Å². The minimum Gasteiger partial charge on any atom is -0.493 e. The minimum atomic E-state index is 0.439. The molecular weight excluding hydrogens is 514 g/mol. The van der Waals surface area contributed by atoms with Gasteiger partial charge in [-0.3, -0.25) is 0 Å². The van der Waals surface area contributed by atoms with Crippen LogP contribution in [0.3, 0.4) is 0 Å². The fraction of sp³-hybridized carbons (Fsp3) is 0.375. The maximum Gasteiger partial charge on any atom is 0.161 e. The van der Waals surface area contributed by atoms with Gasteiger partial charge in [-0.05, 0) is 82.4 Å². The highest BCUT2D eigenvalue weighted by atomic mass is 16.5. The van der Waals surface area contributed by atoms with Crippen LogP contribution in [0.25, 0.3) is 34.3 Å². The molecule has 1 unspecified atom stereocenters. The van der Waals surface area contributed by atoms with Crippen molar-refractivity contribution in [1.82, 2.24) is 24.8 Å². The van der Waals surface area contributed by atoms with Gasteiger partial charge in [0.15, 0.2) is 23.1 Å². The smallest absolute Gasteiger partial charge is 0.161 e. The molecule has 41 heavy (non-hydrogen) atoms. The molecule has 0 saturated carbocycles. The number of fused-ring (bicyclic) bond motifs is 1. The Balaban J connectivity index is 1.56. The zero-order valence-corrected chi connectivity index (χ0v) is 24.8. The molecule has 1 atom stereocenters. The number of aromatic nitrogens is 4. The van der Waals surface area contributed by atoms with Gasteiger partial charge in [0.25, 0.3) is 0 Å². The molecule has 0 amide bonds. The van der Waals surface area contributed by atoms with Crippen molar-refractivity contribution in [2.75, 3.05) is 65.3 Å². The highest BCUT2D eigenvalue weighted by Gasteiger charge is 2.26. The Morgan fingerprint density at radius 1 is 0.878 bits per heavy atom. The van der Waals surface area contributed by atoms with Crippen molar-refractivity contribution in [3.05, 3.63) is 60.2 Å². The largest absolute Gasteiger partial charge is 0.493 e. The molecule has 0 N–H and O–H groups in total. The van der Waals surface area contributed by atoms with E-state index in [2.05, 4.69) is 30.0 Å². The molecule has 0 spiro atoms. The summed E-state index contributed by atoms with van der Waals surface area (Å²) in [5.41, 5.74) is 2.65. The van der Waals surface area contributed by atoms with Crippen LogP contribution < -0.4 is 19.3 Å². The number of anilines is 2. The molecule has 4 aromatic rings. The number of para-hydroxylation sites is 1. The van der Waals surface area contributed by atoms with Gasteiger partial charge in [-0.25, -0.2) is 19.9 Å². The van der Waals surface area contributed by atoms with Gasteiger partial charge < -0.3 is 24.2 Å². The fourth-order valence-electron chi connectivity index (χ4n) is 5.30. The van der Waals surface area contributed by atoms with Gasteiger partial charge in [-0.2, -0.15) is 0 Å². The summed E-state index contributed by atoms with van der Waals surface area (Å²) in [6.07, 6.45) is 7.20. The van der Waals surface area contributed by atoms with Crippen molar-refractivity contribution in [2.24, 2.45) is 0 Å². The molecule has 1 saturated heterocycles. The summed E-state index contributed by atoms with van der Waals surface area (Å²) in [6.45, 7) is 2.01. The van der Waals surface area contributed by atoms with Crippen LogP contribution in [0.5, 0.6) is 11.5 Å². The Hall–Kier alpha value is -4.24. The molecule has 2 aromatic heterocycles. The molecule has 1 aliphatic heterocycles. The predicted octanol–water partition coefficient (Wildman–Crippen LogP) is 5.26. The second kappa shape index (κ2) is 12.5. The third kappa shape index (κ3) is 6.41. The van der Waals surface area contributed by atoms with Crippen LogP contribution in [0.1, 0.15) is 30.9 Å². The van der Waals surface area contributed by atoms with E-state index in [1.807, 2.05) is 73.6 Å². The maximum absolute atomic E-state index is 5.58. The van der Waals surface area contributed by atoms with Crippen LogP contribution in [-0.2, 0) is 0 Å². The number of hydrogen-bond acceptors (Lipinski definition) is 9. The van der Waals surface area contributed by atoms with Crippen LogP contribution in [0.4, 0.5) is 11.6 Å². The third-order valence-electron chi connectivity index (χ3n) is 7.40. The first-order valence-corrected chi connectivity index (χ1v) is 14.0. The van der Waals surface area contributed by atoms with Crippen LogP contribution in [0.15, 0.2) is 48.5 Å². The van der Waals surface area contributed by atoms with Crippen molar-refractivity contribution >= 4 is 34.7 Å². The Morgan fingerprint density at radius 3 is 2.37 bits per heavy atom. The molecule has 1 aliphatic rings. The molecular formula is C32H39N7O2. The standard InChI is InChI=1S/C32H39N7O2/c1-37(2)19-17-23-10-9-18-39(23)31-21-26(22-13-14-27(40-5)28(20-22)41-6)34-29(35-31)15-16-30-33-25-12-8-7-11-24(25)32(36-30)38(3)4/h7-8,11-16,20-21,23H,9-10,17-19H2,1-6H3. The molecule has 9 nitrogen and oxygen atoms in total. The van der Waals surface area contributed by atoms with Crippen LogP contribution in [0.2, 0.25) is 0 Å². The minimum absolute atomic E-state index is 0.439. The molecule has 5 rings (SSSR count). The van der Waals surface area contributed by atoms with Crippen LogP contribution in [0, 0.1) is 0 Å². The highest BCUT2D eigenvalue weighted by Crippen LogP contribution is 2.34.